The first-order chi connectivity index (χ1) is 13.4. The number of hydrogen-bond acceptors (Lipinski definition) is 7. The molecule has 0 spiro atoms. The number of fused-ring (bicyclic) bond motifs is 1. The van der Waals surface area contributed by atoms with Crippen molar-refractivity contribution >= 4 is 15.7 Å². The molecule has 4 heterocycles. The summed E-state index contributed by atoms with van der Waals surface area (Å²) in [4.78, 5) is 28.0. The van der Waals surface area contributed by atoms with Gasteiger partial charge in [-0.05, 0) is 30.9 Å². The highest BCUT2D eigenvalue weighted by Crippen LogP contribution is 2.20. The minimum Gasteiger partial charge on any atom is -0.357 e. The highest BCUT2D eigenvalue weighted by atomic mass is 32.2. The van der Waals surface area contributed by atoms with Crippen molar-refractivity contribution in [3.8, 4) is 0 Å². The van der Waals surface area contributed by atoms with Gasteiger partial charge in [-0.2, -0.15) is 0 Å². The van der Waals surface area contributed by atoms with Crippen LogP contribution in [0.4, 0.5) is 5.82 Å². The normalized spacial score (nSPS) is 18.1. The van der Waals surface area contributed by atoms with Crippen LogP contribution >= 0.6 is 0 Å². The molecule has 0 radical (unpaired) electrons. The lowest BCUT2D eigenvalue weighted by Gasteiger charge is -2.29. The van der Waals surface area contributed by atoms with Crippen molar-refractivity contribution in [2.75, 3.05) is 30.8 Å². The van der Waals surface area contributed by atoms with Crippen molar-refractivity contribution in [3.05, 3.63) is 45.5 Å². The van der Waals surface area contributed by atoms with Crippen LogP contribution in [0.15, 0.2) is 28.3 Å². The zero-order chi connectivity index (χ0) is 19.7. The van der Waals surface area contributed by atoms with Crippen molar-refractivity contribution in [1.29, 1.82) is 0 Å². The minimum atomic E-state index is -3.53. The van der Waals surface area contributed by atoms with Gasteiger partial charge in [0.15, 0.2) is 0 Å². The largest absolute Gasteiger partial charge is 0.357 e. The number of H-pyrrole nitrogens is 1. The Balaban J connectivity index is 1.46. The molecule has 1 fully saturated rings. The molecule has 8 nitrogen and oxygen atoms in total. The Hall–Kier alpha value is -2.26. The molecule has 0 amide bonds. The van der Waals surface area contributed by atoms with E-state index >= 15 is 0 Å². The second-order valence-corrected chi connectivity index (χ2v) is 9.53. The maximum absolute atomic E-state index is 12.3. The predicted molar refractivity (Wildman–Crippen MR) is 106 cm³/mol. The molecule has 2 aromatic heterocycles. The topological polar surface area (TPSA) is 99.3 Å². The van der Waals surface area contributed by atoms with E-state index in [1.807, 2.05) is 6.20 Å². The van der Waals surface area contributed by atoms with Crippen molar-refractivity contribution in [1.82, 2.24) is 19.9 Å². The number of piperidine rings is 1. The van der Waals surface area contributed by atoms with Gasteiger partial charge in [-0.25, -0.2) is 18.4 Å². The van der Waals surface area contributed by atoms with E-state index in [2.05, 4.69) is 36.9 Å². The predicted octanol–water partition coefficient (Wildman–Crippen LogP) is 1.12. The summed E-state index contributed by atoms with van der Waals surface area (Å²) in [5.41, 5.74) is 1.87. The van der Waals surface area contributed by atoms with Gasteiger partial charge in [-0.1, -0.05) is 6.07 Å². The summed E-state index contributed by atoms with van der Waals surface area (Å²) >= 11 is 0. The molecule has 1 N–H and O–H groups in total. The molecule has 2 aliphatic heterocycles. The number of hydrogen-bond donors (Lipinski definition) is 1. The number of pyridine rings is 1. The number of nitrogens with zero attached hydrogens (tertiary/aromatic N) is 4. The monoisotopic (exact) mass is 403 g/mol. The lowest BCUT2D eigenvalue weighted by atomic mass is 10.1. The van der Waals surface area contributed by atoms with Gasteiger partial charge in [-0.15, -0.1) is 0 Å². The fraction of sp³-hybridized carbons (Fsp3) is 0.526. The van der Waals surface area contributed by atoms with Crippen LogP contribution in [-0.4, -0.2) is 54.2 Å². The van der Waals surface area contributed by atoms with E-state index in [1.54, 1.807) is 0 Å². The van der Waals surface area contributed by atoms with E-state index in [0.29, 0.717) is 30.8 Å². The lowest BCUT2D eigenvalue weighted by Crippen LogP contribution is -2.36. The minimum absolute atomic E-state index is 0.248. The molecule has 0 atom stereocenters. The molecule has 0 unspecified atom stereocenters. The van der Waals surface area contributed by atoms with E-state index in [1.165, 1.54) is 19.3 Å². The molecule has 0 saturated carbocycles. The average molecular weight is 404 g/mol. The summed E-state index contributed by atoms with van der Waals surface area (Å²) in [6.07, 6.45) is 7.26. The third kappa shape index (κ3) is 4.10. The van der Waals surface area contributed by atoms with Crippen LogP contribution in [0.1, 0.15) is 36.1 Å². The zero-order valence-electron chi connectivity index (χ0n) is 16.0. The number of anilines is 1. The summed E-state index contributed by atoms with van der Waals surface area (Å²) < 4.78 is 23.3. The highest BCUT2D eigenvalue weighted by Gasteiger charge is 2.23. The second-order valence-electron chi connectivity index (χ2n) is 7.60. The van der Waals surface area contributed by atoms with Crippen LogP contribution in [0.5, 0.6) is 0 Å². The molecule has 2 aliphatic rings. The highest BCUT2D eigenvalue weighted by molar-refractivity contribution is 7.90. The first-order valence-electron chi connectivity index (χ1n) is 9.64. The molecular weight excluding hydrogens is 378 g/mol. The third-order valence-corrected chi connectivity index (χ3v) is 6.27. The van der Waals surface area contributed by atoms with Gasteiger partial charge in [0.25, 0.3) is 5.56 Å². The quantitative estimate of drug-likeness (QED) is 0.764. The molecule has 0 bridgehead atoms. The number of aromatic amines is 1. The molecule has 0 aliphatic carbocycles. The third-order valence-electron chi connectivity index (χ3n) is 5.37. The molecule has 9 heteroatoms. The van der Waals surface area contributed by atoms with Gasteiger partial charge >= 0.3 is 0 Å². The number of sulfone groups is 1. The summed E-state index contributed by atoms with van der Waals surface area (Å²) in [6, 6.07) is 4.17. The zero-order valence-corrected chi connectivity index (χ0v) is 16.8. The molecule has 28 heavy (non-hydrogen) atoms. The van der Waals surface area contributed by atoms with Crippen LogP contribution in [0.25, 0.3) is 0 Å². The van der Waals surface area contributed by atoms with E-state index in [9.17, 15) is 13.2 Å². The Bertz CT molecular complexity index is 1010. The molecule has 1 saturated heterocycles. The van der Waals surface area contributed by atoms with Crippen LogP contribution in [0, 0.1) is 0 Å². The van der Waals surface area contributed by atoms with E-state index in [4.69, 9.17) is 0 Å². The van der Waals surface area contributed by atoms with E-state index < -0.39 is 9.84 Å². The van der Waals surface area contributed by atoms with E-state index in [0.717, 1.165) is 37.3 Å². The number of nitrogens with one attached hydrogen (secondary N) is 1. The van der Waals surface area contributed by atoms with Gasteiger partial charge in [0, 0.05) is 51.6 Å². The van der Waals surface area contributed by atoms with Crippen molar-refractivity contribution in [3.63, 3.8) is 0 Å². The summed E-state index contributed by atoms with van der Waals surface area (Å²) in [6.45, 7) is 4.01. The average Bonchev–Trinajstić information content (AvgIpc) is 2.69. The Morgan fingerprint density at radius 1 is 1.14 bits per heavy atom. The van der Waals surface area contributed by atoms with E-state index in [-0.39, 0.29) is 10.7 Å². The van der Waals surface area contributed by atoms with Gasteiger partial charge in [0.1, 0.15) is 5.82 Å². The Kier molecular flexibility index (Phi) is 5.20. The SMILES string of the molecule is CS(=O)(=O)c1nc2c(c(=O)[nH]1)CN(Cc1ccc(N3CCCCC3)nc1)CC2. The Morgan fingerprint density at radius 2 is 1.93 bits per heavy atom. The van der Waals surface area contributed by atoms with Gasteiger partial charge in [0.2, 0.25) is 15.0 Å². The molecule has 150 valence electrons. The summed E-state index contributed by atoms with van der Waals surface area (Å²) in [7, 11) is -3.53. The van der Waals surface area contributed by atoms with Crippen molar-refractivity contribution < 1.29 is 8.42 Å². The smallest absolute Gasteiger partial charge is 0.256 e. The van der Waals surface area contributed by atoms with Crippen molar-refractivity contribution in [2.24, 2.45) is 0 Å². The van der Waals surface area contributed by atoms with Gasteiger partial charge in [0.05, 0.1) is 11.3 Å². The maximum Gasteiger partial charge on any atom is 0.256 e. The number of rotatable bonds is 4. The lowest BCUT2D eigenvalue weighted by molar-refractivity contribution is 0.240. The Labute approximate surface area is 164 Å². The molecule has 4 rings (SSSR count). The van der Waals surface area contributed by atoms with Gasteiger partial charge in [-0.3, -0.25) is 14.7 Å². The Morgan fingerprint density at radius 3 is 2.61 bits per heavy atom. The maximum atomic E-state index is 12.3. The summed E-state index contributed by atoms with van der Waals surface area (Å²) in [5, 5.41) is -0.248. The second kappa shape index (κ2) is 7.63. The van der Waals surface area contributed by atoms with Crippen LogP contribution in [0.2, 0.25) is 0 Å². The fourth-order valence-corrected chi connectivity index (χ4v) is 4.40. The van der Waals surface area contributed by atoms with Crippen LogP contribution < -0.4 is 10.5 Å². The fourth-order valence-electron chi connectivity index (χ4n) is 3.85. The van der Waals surface area contributed by atoms with Gasteiger partial charge < -0.3 is 4.90 Å². The first-order valence-corrected chi connectivity index (χ1v) is 11.5. The van der Waals surface area contributed by atoms with Crippen LogP contribution in [0.3, 0.4) is 0 Å². The van der Waals surface area contributed by atoms with Crippen molar-refractivity contribution in [2.45, 2.75) is 43.9 Å². The van der Waals surface area contributed by atoms with Crippen LogP contribution in [-0.2, 0) is 29.3 Å². The first kappa shape index (κ1) is 19.1. The summed E-state index contributed by atoms with van der Waals surface area (Å²) in [5.74, 6) is 1.03. The molecular formula is C19H25N5O3S. The number of aromatic nitrogens is 3. The molecule has 0 aromatic carbocycles. The molecule has 2 aromatic rings. The standard InChI is InChI=1S/C19H25N5O3S/c1-28(26,27)19-21-16-7-10-23(13-15(16)18(25)22-19)12-14-5-6-17(20-11-14)24-8-3-2-4-9-24/h5-6,11H,2-4,7-10,12-13H2,1H3,(H,21,22,25).